The zero-order valence-electron chi connectivity index (χ0n) is 7.94. The summed E-state index contributed by atoms with van der Waals surface area (Å²) >= 11 is 0. The van der Waals surface area contributed by atoms with Crippen molar-refractivity contribution in [2.24, 2.45) is 0 Å². The molecule has 0 bridgehead atoms. The van der Waals surface area contributed by atoms with Crippen molar-refractivity contribution in [1.82, 2.24) is 15.2 Å². The van der Waals surface area contributed by atoms with Crippen molar-refractivity contribution in [3.63, 3.8) is 0 Å². The largest absolute Gasteiger partial charge is 0.416 e. The van der Waals surface area contributed by atoms with Gasteiger partial charge in [-0.3, -0.25) is 0 Å². The molecule has 0 radical (unpaired) electrons. The number of benzene rings is 1. The molecule has 1 heterocycles. The Balaban J connectivity index is 2.34. The number of hydrogen-bond donors (Lipinski definition) is 0. The molecule has 0 aliphatic carbocycles. The standard InChI is InChI=1S/C10H6F3N3/c11-10(12,13)8-3-1-7(2-4-8)9-5-14-6-15-16-9/h1-6H. The number of alkyl halides is 3. The molecule has 3 nitrogen and oxygen atoms in total. The SMILES string of the molecule is FC(F)(F)c1ccc(-c2cncnn2)cc1. The molecule has 2 aromatic rings. The summed E-state index contributed by atoms with van der Waals surface area (Å²) in [5.74, 6) is 0. The van der Waals surface area contributed by atoms with Crippen LogP contribution in [0.25, 0.3) is 11.3 Å². The Bertz CT molecular complexity index is 465. The first-order valence-corrected chi connectivity index (χ1v) is 4.38. The molecule has 82 valence electrons. The summed E-state index contributed by atoms with van der Waals surface area (Å²) in [7, 11) is 0. The Morgan fingerprint density at radius 1 is 1.00 bits per heavy atom. The number of nitrogens with zero attached hydrogens (tertiary/aromatic N) is 3. The van der Waals surface area contributed by atoms with E-state index in [2.05, 4.69) is 15.2 Å². The fourth-order valence-corrected chi connectivity index (χ4v) is 1.21. The van der Waals surface area contributed by atoms with Crippen LogP contribution in [0.1, 0.15) is 5.56 Å². The Kier molecular flexibility index (Phi) is 2.55. The van der Waals surface area contributed by atoms with Gasteiger partial charge in [0, 0.05) is 5.56 Å². The average molecular weight is 225 g/mol. The molecule has 0 fully saturated rings. The highest BCUT2D eigenvalue weighted by molar-refractivity contribution is 5.57. The highest BCUT2D eigenvalue weighted by Crippen LogP contribution is 2.30. The van der Waals surface area contributed by atoms with Crippen LogP contribution in [-0.4, -0.2) is 15.2 Å². The molecule has 0 aliphatic rings. The van der Waals surface area contributed by atoms with Gasteiger partial charge in [-0.15, -0.1) is 10.2 Å². The second-order valence-corrected chi connectivity index (χ2v) is 3.07. The van der Waals surface area contributed by atoms with Gasteiger partial charge in [0.1, 0.15) is 12.0 Å². The first kappa shape index (κ1) is 10.5. The molecule has 0 saturated heterocycles. The van der Waals surface area contributed by atoms with Crippen LogP contribution in [0.5, 0.6) is 0 Å². The Morgan fingerprint density at radius 2 is 1.69 bits per heavy atom. The molecule has 0 atom stereocenters. The van der Waals surface area contributed by atoms with Gasteiger partial charge in [-0.2, -0.15) is 13.2 Å². The van der Waals surface area contributed by atoms with Crippen LogP contribution in [0.2, 0.25) is 0 Å². The summed E-state index contributed by atoms with van der Waals surface area (Å²) in [5, 5.41) is 7.30. The predicted molar refractivity (Wildman–Crippen MR) is 50.3 cm³/mol. The van der Waals surface area contributed by atoms with Gasteiger partial charge in [0.15, 0.2) is 0 Å². The molecule has 6 heteroatoms. The lowest BCUT2D eigenvalue weighted by molar-refractivity contribution is -0.137. The Morgan fingerprint density at radius 3 is 2.19 bits per heavy atom. The summed E-state index contributed by atoms with van der Waals surface area (Å²) in [5.41, 5.74) is 0.304. The number of halogens is 3. The molecule has 0 unspecified atom stereocenters. The van der Waals surface area contributed by atoms with E-state index >= 15 is 0 Å². The van der Waals surface area contributed by atoms with Crippen LogP contribution in [0.3, 0.4) is 0 Å². The number of rotatable bonds is 1. The monoisotopic (exact) mass is 225 g/mol. The molecule has 0 spiro atoms. The van der Waals surface area contributed by atoms with Crippen LogP contribution in [0, 0.1) is 0 Å². The van der Waals surface area contributed by atoms with Crippen LogP contribution in [-0.2, 0) is 6.18 Å². The maximum atomic E-state index is 12.3. The van der Waals surface area contributed by atoms with Gasteiger partial charge >= 0.3 is 6.18 Å². The second-order valence-electron chi connectivity index (χ2n) is 3.07. The second kappa shape index (κ2) is 3.88. The molecule has 16 heavy (non-hydrogen) atoms. The van der Waals surface area contributed by atoms with Crippen LogP contribution >= 0.6 is 0 Å². The summed E-state index contributed by atoms with van der Waals surface area (Å²) in [6.45, 7) is 0. The molecule has 0 amide bonds. The van der Waals surface area contributed by atoms with Crippen molar-refractivity contribution in [2.75, 3.05) is 0 Å². The quantitative estimate of drug-likeness (QED) is 0.748. The van der Waals surface area contributed by atoms with Crippen molar-refractivity contribution >= 4 is 0 Å². The van der Waals surface area contributed by atoms with Gasteiger partial charge in [-0.25, -0.2) is 4.98 Å². The van der Waals surface area contributed by atoms with E-state index in [-0.39, 0.29) is 0 Å². The zero-order chi connectivity index (χ0) is 11.6. The predicted octanol–water partition coefficient (Wildman–Crippen LogP) is 2.56. The number of hydrogen-bond acceptors (Lipinski definition) is 3. The normalized spacial score (nSPS) is 11.4. The topological polar surface area (TPSA) is 38.7 Å². The third-order valence-corrected chi connectivity index (χ3v) is 1.99. The van der Waals surface area contributed by atoms with Crippen LogP contribution in [0.4, 0.5) is 13.2 Å². The minimum Gasteiger partial charge on any atom is -0.241 e. The fourth-order valence-electron chi connectivity index (χ4n) is 1.21. The van der Waals surface area contributed by atoms with Gasteiger partial charge < -0.3 is 0 Å². The zero-order valence-corrected chi connectivity index (χ0v) is 7.94. The summed E-state index contributed by atoms with van der Waals surface area (Å²) in [6, 6.07) is 4.69. The maximum Gasteiger partial charge on any atom is 0.416 e. The lowest BCUT2D eigenvalue weighted by Crippen LogP contribution is -2.04. The molecule has 0 saturated carbocycles. The summed E-state index contributed by atoms with van der Waals surface area (Å²) < 4.78 is 36.8. The molecular weight excluding hydrogens is 219 g/mol. The molecule has 1 aromatic carbocycles. The van der Waals surface area contributed by atoms with E-state index in [1.54, 1.807) is 0 Å². The highest BCUT2D eigenvalue weighted by Gasteiger charge is 2.29. The minimum atomic E-state index is -4.32. The van der Waals surface area contributed by atoms with Gasteiger partial charge in [0.25, 0.3) is 0 Å². The smallest absolute Gasteiger partial charge is 0.241 e. The van der Waals surface area contributed by atoms with Crippen molar-refractivity contribution < 1.29 is 13.2 Å². The van der Waals surface area contributed by atoms with Gasteiger partial charge in [-0.05, 0) is 12.1 Å². The van der Waals surface area contributed by atoms with Crippen molar-refractivity contribution in [2.45, 2.75) is 6.18 Å². The lowest BCUT2D eigenvalue weighted by Gasteiger charge is -2.06. The van der Waals surface area contributed by atoms with Gasteiger partial charge in [-0.1, -0.05) is 12.1 Å². The number of aromatic nitrogens is 3. The molecule has 0 aliphatic heterocycles. The van der Waals surface area contributed by atoms with Crippen LogP contribution < -0.4 is 0 Å². The third kappa shape index (κ3) is 2.16. The first-order chi connectivity index (χ1) is 7.57. The summed E-state index contributed by atoms with van der Waals surface area (Å²) in [6.07, 6.45) is -1.62. The van der Waals surface area contributed by atoms with Crippen molar-refractivity contribution in [3.8, 4) is 11.3 Å². The van der Waals surface area contributed by atoms with Crippen LogP contribution in [0.15, 0.2) is 36.8 Å². The lowest BCUT2D eigenvalue weighted by atomic mass is 10.1. The van der Waals surface area contributed by atoms with Crippen molar-refractivity contribution in [3.05, 3.63) is 42.4 Å². The molecule has 2 rings (SSSR count). The molecule has 0 N–H and O–H groups in total. The minimum absolute atomic E-state index is 0.441. The molecular formula is C10H6F3N3. The van der Waals surface area contributed by atoms with E-state index in [0.29, 0.717) is 11.3 Å². The summed E-state index contributed by atoms with van der Waals surface area (Å²) in [4.78, 5) is 3.74. The highest BCUT2D eigenvalue weighted by atomic mass is 19.4. The average Bonchev–Trinajstić information content (AvgIpc) is 2.29. The van der Waals surface area contributed by atoms with E-state index in [1.165, 1.54) is 24.7 Å². The first-order valence-electron chi connectivity index (χ1n) is 4.38. The maximum absolute atomic E-state index is 12.3. The van der Waals surface area contributed by atoms with E-state index in [4.69, 9.17) is 0 Å². The van der Waals surface area contributed by atoms with Gasteiger partial charge in [0.2, 0.25) is 0 Å². The fraction of sp³-hybridized carbons (Fsp3) is 0.100. The van der Waals surface area contributed by atoms with E-state index in [0.717, 1.165) is 12.1 Å². The van der Waals surface area contributed by atoms with Gasteiger partial charge in [0.05, 0.1) is 11.8 Å². The molecule has 1 aromatic heterocycles. The van der Waals surface area contributed by atoms with Crippen molar-refractivity contribution in [1.29, 1.82) is 0 Å². The van der Waals surface area contributed by atoms with E-state index in [9.17, 15) is 13.2 Å². The third-order valence-electron chi connectivity index (χ3n) is 1.99. The van der Waals surface area contributed by atoms with E-state index < -0.39 is 11.7 Å². The Hall–Kier alpha value is -1.98. The van der Waals surface area contributed by atoms with E-state index in [1.807, 2.05) is 0 Å². The Labute approximate surface area is 89.0 Å².